The van der Waals surface area contributed by atoms with Gasteiger partial charge in [-0.2, -0.15) is 0 Å². The summed E-state index contributed by atoms with van der Waals surface area (Å²) in [4.78, 5) is 11.8. The predicted octanol–water partition coefficient (Wildman–Crippen LogP) is 2.04. The van der Waals surface area contributed by atoms with Gasteiger partial charge in [0.05, 0.1) is 5.75 Å². The van der Waals surface area contributed by atoms with Crippen molar-refractivity contribution < 1.29 is 13.2 Å². The van der Waals surface area contributed by atoms with Crippen LogP contribution in [0.5, 0.6) is 0 Å². The van der Waals surface area contributed by atoms with Crippen molar-refractivity contribution in [2.24, 2.45) is 0 Å². The van der Waals surface area contributed by atoms with Gasteiger partial charge in [0, 0.05) is 27.9 Å². The Labute approximate surface area is 109 Å². The number of carbonyl (C=O) groups excluding carboxylic acids is 1. The van der Waals surface area contributed by atoms with E-state index in [2.05, 4.69) is 15.9 Å². The van der Waals surface area contributed by atoms with E-state index in [1.165, 1.54) is 0 Å². The smallest absolute Gasteiger partial charge is 0.165 e. The Morgan fingerprint density at radius 1 is 1.41 bits per heavy atom. The second kappa shape index (κ2) is 5.64. The molecule has 0 aliphatic heterocycles. The zero-order chi connectivity index (χ0) is 13.1. The number of nitrogen functional groups attached to an aromatic ring is 1. The first-order valence-corrected chi connectivity index (χ1v) is 7.76. The monoisotopic (exact) mass is 319 g/mol. The molecule has 17 heavy (non-hydrogen) atoms. The third kappa shape index (κ3) is 4.12. The van der Waals surface area contributed by atoms with Crippen LogP contribution in [0.3, 0.4) is 0 Å². The molecule has 2 N–H and O–H groups in total. The van der Waals surface area contributed by atoms with E-state index in [1.807, 2.05) is 0 Å². The standard InChI is InChI=1S/C11H14BrNO3S/c1-2-17(15,16)6-5-11(14)9-4-3-8(12)7-10(9)13/h3-4,7H,2,5-6,13H2,1H3. The number of sulfone groups is 1. The fourth-order valence-corrected chi connectivity index (χ4v) is 2.48. The third-order valence-corrected chi connectivity index (χ3v) is 4.59. The van der Waals surface area contributed by atoms with E-state index in [9.17, 15) is 13.2 Å². The number of rotatable bonds is 5. The lowest BCUT2D eigenvalue weighted by Gasteiger charge is -2.05. The highest BCUT2D eigenvalue weighted by molar-refractivity contribution is 9.10. The lowest BCUT2D eigenvalue weighted by atomic mass is 10.1. The minimum Gasteiger partial charge on any atom is -0.398 e. The summed E-state index contributed by atoms with van der Waals surface area (Å²) in [5, 5.41) is 0. The first-order valence-electron chi connectivity index (χ1n) is 5.14. The number of hydrogen-bond acceptors (Lipinski definition) is 4. The lowest BCUT2D eigenvalue weighted by Crippen LogP contribution is -2.14. The van der Waals surface area contributed by atoms with Crippen LogP contribution in [-0.2, 0) is 9.84 Å². The van der Waals surface area contributed by atoms with Gasteiger partial charge in [0.2, 0.25) is 0 Å². The van der Waals surface area contributed by atoms with Gasteiger partial charge in [0.1, 0.15) is 9.84 Å². The van der Waals surface area contributed by atoms with Crippen LogP contribution in [0, 0.1) is 0 Å². The number of hydrogen-bond donors (Lipinski definition) is 1. The molecule has 0 bridgehead atoms. The highest BCUT2D eigenvalue weighted by atomic mass is 79.9. The number of benzene rings is 1. The zero-order valence-corrected chi connectivity index (χ0v) is 11.8. The molecule has 0 aliphatic rings. The second-order valence-corrected chi connectivity index (χ2v) is 7.03. The molecule has 1 aromatic rings. The van der Waals surface area contributed by atoms with Gasteiger partial charge in [0.25, 0.3) is 0 Å². The average Bonchev–Trinajstić information content (AvgIpc) is 2.26. The molecule has 6 heteroatoms. The summed E-state index contributed by atoms with van der Waals surface area (Å²) in [6.45, 7) is 1.56. The Morgan fingerprint density at radius 3 is 2.59 bits per heavy atom. The largest absolute Gasteiger partial charge is 0.398 e. The summed E-state index contributed by atoms with van der Waals surface area (Å²) < 4.78 is 23.4. The van der Waals surface area contributed by atoms with Gasteiger partial charge < -0.3 is 5.73 Å². The zero-order valence-electron chi connectivity index (χ0n) is 9.44. The highest BCUT2D eigenvalue weighted by Gasteiger charge is 2.14. The van der Waals surface area contributed by atoms with Crippen LogP contribution in [0.15, 0.2) is 22.7 Å². The van der Waals surface area contributed by atoms with E-state index in [4.69, 9.17) is 5.73 Å². The van der Waals surface area contributed by atoms with Crippen molar-refractivity contribution in [1.82, 2.24) is 0 Å². The minimum absolute atomic E-state index is 0.0258. The number of Topliss-reactive ketones (excluding diaryl/α,β-unsaturated/α-hetero) is 1. The van der Waals surface area contributed by atoms with Crippen molar-refractivity contribution in [2.45, 2.75) is 13.3 Å². The van der Waals surface area contributed by atoms with Crippen molar-refractivity contribution >= 4 is 37.2 Å². The summed E-state index contributed by atoms with van der Waals surface area (Å²) in [5.41, 5.74) is 6.43. The van der Waals surface area contributed by atoms with Gasteiger partial charge in [-0.05, 0) is 18.2 Å². The Hall–Kier alpha value is -0.880. The summed E-state index contributed by atoms with van der Waals surface area (Å²) in [6.07, 6.45) is -0.0258. The normalized spacial score (nSPS) is 11.4. The molecule has 94 valence electrons. The van der Waals surface area contributed by atoms with E-state index in [0.29, 0.717) is 11.3 Å². The molecule has 0 saturated carbocycles. The number of ketones is 1. The first-order chi connectivity index (χ1) is 7.85. The fraction of sp³-hybridized carbons (Fsp3) is 0.364. The maximum Gasteiger partial charge on any atom is 0.165 e. The molecule has 0 saturated heterocycles. The molecule has 0 fully saturated rings. The maximum atomic E-state index is 11.8. The fourth-order valence-electron chi connectivity index (χ4n) is 1.31. The van der Waals surface area contributed by atoms with Crippen LogP contribution >= 0.6 is 15.9 Å². The van der Waals surface area contributed by atoms with Crippen molar-refractivity contribution in [3.8, 4) is 0 Å². The van der Waals surface area contributed by atoms with Crippen LogP contribution in [0.25, 0.3) is 0 Å². The first kappa shape index (κ1) is 14.2. The van der Waals surface area contributed by atoms with E-state index in [1.54, 1.807) is 25.1 Å². The van der Waals surface area contributed by atoms with Crippen LogP contribution in [0.1, 0.15) is 23.7 Å². The van der Waals surface area contributed by atoms with Crippen molar-refractivity contribution in [3.05, 3.63) is 28.2 Å². The van der Waals surface area contributed by atoms with Crippen LogP contribution in [-0.4, -0.2) is 25.7 Å². The molecular weight excluding hydrogens is 306 g/mol. The van der Waals surface area contributed by atoms with Gasteiger partial charge in [-0.15, -0.1) is 0 Å². The van der Waals surface area contributed by atoms with Gasteiger partial charge in [0.15, 0.2) is 5.78 Å². The van der Waals surface area contributed by atoms with Crippen molar-refractivity contribution in [3.63, 3.8) is 0 Å². The Kier molecular flexibility index (Phi) is 4.70. The predicted molar refractivity (Wildman–Crippen MR) is 71.8 cm³/mol. The average molecular weight is 320 g/mol. The molecule has 1 rings (SSSR count). The van der Waals surface area contributed by atoms with E-state index < -0.39 is 9.84 Å². The summed E-state index contributed by atoms with van der Waals surface area (Å²) in [6, 6.07) is 4.93. The number of anilines is 1. The molecule has 1 aromatic carbocycles. The Morgan fingerprint density at radius 2 is 2.06 bits per heavy atom. The van der Waals surface area contributed by atoms with E-state index in [-0.39, 0.29) is 23.7 Å². The minimum atomic E-state index is -3.11. The highest BCUT2D eigenvalue weighted by Crippen LogP contribution is 2.20. The molecule has 0 spiro atoms. The number of carbonyl (C=O) groups is 1. The van der Waals surface area contributed by atoms with Crippen LogP contribution in [0.2, 0.25) is 0 Å². The van der Waals surface area contributed by atoms with Crippen LogP contribution in [0.4, 0.5) is 5.69 Å². The maximum absolute atomic E-state index is 11.8. The molecule has 0 heterocycles. The quantitative estimate of drug-likeness (QED) is 0.665. The number of halogens is 1. The van der Waals surface area contributed by atoms with Gasteiger partial charge in [-0.25, -0.2) is 8.42 Å². The molecular formula is C11H14BrNO3S. The molecule has 0 unspecified atom stereocenters. The summed E-state index contributed by atoms with van der Waals surface area (Å²) in [5.74, 6) is -0.319. The summed E-state index contributed by atoms with van der Waals surface area (Å²) in [7, 11) is -3.11. The molecule has 0 aromatic heterocycles. The van der Waals surface area contributed by atoms with Gasteiger partial charge in [-0.3, -0.25) is 4.79 Å². The van der Waals surface area contributed by atoms with Crippen molar-refractivity contribution in [2.75, 3.05) is 17.2 Å². The molecule has 4 nitrogen and oxygen atoms in total. The Balaban J connectivity index is 2.78. The lowest BCUT2D eigenvalue weighted by molar-refractivity contribution is 0.0989. The van der Waals surface area contributed by atoms with E-state index in [0.717, 1.165) is 4.47 Å². The molecule has 0 amide bonds. The van der Waals surface area contributed by atoms with Gasteiger partial charge in [-0.1, -0.05) is 22.9 Å². The molecule has 0 atom stereocenters. The van der Waals surface area contributed by atoms with Crippen molar-refractivity contribution in [1.29, 1.82) is 0 Å². The SMILES string of the molecule is CCS(=O)(=O)CCC(=O)c1ccc(Br)cc1N. The van der Waals surface area contributed by atoms with Gasteiger partial charge >= 0.3 is 0 Å². The third-order valence-electron chi connectivity index (χ3n) is 2.39. The Bertz CT molecular complexity index is 526. The topological polar surface area (TPSA) is 77.2 Å². The molecule has 0 aliphatic carbocycles. The second-order valence-electron chi connectivity index (χ2n) is 3.64. The summed E-state index contributed by atoms with van der Waals surface area (Å²) >= 11 is 3.24. The van der Waals surface area contributed by atoms with Crippen LogP contribution < -0.4 is 5.73 Å². The van der Waals surface area contributed by atoms with E-state index >= 15 is 0 Å². The molecule has 0 radical (unpaired) electrons. The number of nitrogens with two attached hydrogens (primary N) is 1.